The molecule has 0 aliphatic carbocycles. The molecule has 0 aliphatic heterocycles. The minimum absolute atomic E-state index is 0.00241. The van der Waals surface area contributed by atoms with Crippen molar-refractivity contribution in [1.29, 1.82) is 0 Å². The minimum Gasteiger partial charge on any atom is -0.271 e. The van der Waals surface area contributed by atoms with Crippen LogP contribution in [0.15, 0.2) is 66.7 Å². The van der Waals surface area contributed by atoms with E-state index in [0.717, 1.165) is 6.42 Å². The highest BCUT2D eigenvalue weighted by Crippen LogP contribution is 2.28. The van der Waals surface area contributed by atoms with Gasteiger partial charge in [0.25, 0.3) is 0 Å². The van der Waals surface area contributed by atoms with E-state index in [0.29, 0.717) is 0 Å². The molecule has 106 valence electrons. The first-order valence-electron chi connectivity index (χ1n) is 7.36. The number of aryl methyl sites for hydroxylation is 1. The molecule has 2 nitrogen and oxygen atoms in total. The Hall–Kier alpha value is -2.16. The lowest BCUT2D eigenvalue weighted by Crippen LogP contribution is -2.29. The molecular weight excluding hydrogens is 256 g/mol. The van der Waals surface area contributed by atoms with Crippen LogP contribution in [-0.2, 0) is 6.42 Å². The summed E-state index contributed by atoms with van der Waals surface area (Å²) >= 11 is 0. The van der Waals surface area contributed by atoms with Crippen molar-refractivity contribution in [3.63, 3.8) is 0 Å². The molecule has 0 spiro atoms. The molecule has 0 amide bonds. The molecule has 2 heteroatoms. The molecule has 0 saturated heterocycles. The quantitative estimate of drug-likeness (QED) is 0.559. The Bertz CT molecular complexity index is 744. The molecule has 21 heavy (non-hydrogen) atoms. The SMILES string of the molecule is CCc1cccc(C(NN)c2cccc3ccccc23)c1. The highest BCUT2D eigenvalue weighted by molar-refractivity contribution is 5.86. The van der Waals surface area contributed by atoms with Gasteiger partial charge in [-0.2, -0.15) is 0 Å². The van der Waals surface area contributed by atoms with Crippen molar-refractivity contribution >= 4 is 10.8 Å². The minimum atomic E-state index is 0.00241. The third-order valence-corrected chi connectivity index (χ3v) is 3.99. The van der Waals surface area contributed by atoms with Crippen molar-refractivity contribution in [2.24, 2.45) is 5.84 Å². The summed E-state index contributed by atoms with van der Waals surface area (Å²) in [6, 6.07) is 23.4. The zero-order valence-electron chi connectivity index (χ0n) is 12.2. The van der Waals surface area contributed by atoms with Gasteiger partial charge >= 0.3 is 0 Å². The van der Waals surface area contributed by atoms with Gasteiger partial charge in [0, 0.05) is 0 Å². The van der Waals surface area contributed by atoms with Gasteiger partial charge in [0.2, 0.25) is 0 Å². The first-order chi connectivity index (χ1) is 10.3. The van der Waals surface area contributed by atoms with E-state index in [2.05, 4.69) is 79.1 Å². The highest BCUT2D eigenvalue weighted by Gasteiger charge is 2.15. The molecule has 3 aromatic carbocycles. The van der Waals surface area contributed by atoms with Crippen LogP contribution < -0.4 is 11.3 Å². The van der Waals surface area contributed by atoms with E-state index in [1.54, 1.807) is 0 Å². The lowest BCUT2D eigenvalue weighted by molar-refractivity contribution is 0.640. The van der Waals surface area contributed by atoms with E-state index >= 15 is 0 Å². The lowest BCUT2D eigenvalue weighted by atomic mass is 9.93. The van der Waals surface area contributed by atoms with Gasteiger partial charge < -0.3 is 0 Å². The van der Waals surface area contributed by atoms with E-state index in [4.69, 9.17) is 5.84 Å². The van der Waals surface area contributed by atoms with Crippen LogP contribution in [0, 0.1) is 0 Å². The number of hydrazine groups is 1. The van der Waals surface area contributed by atoms with Crippen molar-refractivity contribution in [1.82, 2.24) is 5.43 Å². The standard InChI is InChI=1S/C19H20N2/c1-2-14-7-5-10-16(13-14)19(21-20)18-12-6-9-15-8-3-4-11-17(15)18/h3-13,19,21H,2,20H2,1H3. The first kappa shape index (κ1) is 13.8. The van der Waals surface area contributed by atoms with Gasteiger partial charge in [0.05, 0.1) is 6.04 Å². The molecule has 0 aromatic heterocycles. The molecule has 0 radical (unpaired) electrons. The van der Waals surface area contributed by atoms with Crippen molar-refractivity contribution in [2.75, 3.05) is 0 Å². The van der Waals surface area contributed by atoms with Crippen molar-refractivity contribution in [2.45, 2.75) is 19.4 Å². The molecule has 3 aromatic rings. The Kier molecular flexibility index (Phi) is 4.00. The van der Waals surface area contributed by atoms with E-state index < -0.39 is 0 Å². The predicted molar refractivity (Wildman–Crippen MR) is 88.9 cm³/mol. The highest BCUT2D eigenvalue weighted by atomic mass is 15.2. The van der Waals surface area contributed by atoms with Gasteiger partial charge in [-0.05, 0) is 33.9 Å². The molecular formula is C19H20N2. The van der Waals surface area contributed by atoms with E-state index in [1.165, 1.54) is 27.5 Å². The smallest absolute Gasteiger partial charge is 0.0716 e. The van der Waals surface area contributed by atoms with Crippen LogP contribution in [-0.4, -0.2) is 0 Å². The summed E-state index contributed by atoms with van der Waals surface area (Å²) in [4.78, 5) is 0. The monoisotopic (exact) mass is 276 g/mol. The van der Waals surface area contributed by atoms with Crippen molar-refractivity contribution < 1.29 is 0 Å². The topological polar surface area (TPSA) is 38.0 Å². The Morgan fingerprint density at radius 1 is 0.952 bits per heavy atom. The average molecular weight is 276 g/mol. The fourth-order valence-electron chi connectivity index (χ4n) is 2.86. The summed E-state index contributed by atoms with van der Waals surface area (Å²) < 4.78 is 0. The number of rotatable bonds is 4. The first-order valence-corrected chi connectivity index (χ1v) is 7.36. The number of nitrogens with two attached hydrogens (primary N) is 1. The van der Waals surface area contributed by atoms with E-state index in [9.17, 15) is 0 Å². The fourth-order valence-corrected chi connectivity index (χ4v) is 2.86. The van der Waals surface area contributed by atoms with Gasteiger partial charge in [-0.3, -0.25) is 5.84 Å². The molecule has 3 N–H and O–H groups in total. The number of fused-ring (bicyclic) bond motifs is 1. The Labute approximate surface area is 125 Å². The summed E-state index contributed by atoms with van der Waals surface area (Å²) in [5.41, 5.74) is 6.72. The zero-order valence-corrected chi connectivity index (χ0v) is 12.2. The van der Waals surface area contributed by atoms with Gasteiger partial charge in [0.15, 0.2) is 0 Å². The Balaban J connectivity index is 2.13. The molecule has 0 aliphatic rings. The summed E-state index contributed by atoms with van der Waals surface area (Å²) in [7, 11) is 0. The molecule has 1 unspecified atom stereocenters. The van der Waals surface area contributed by atoms with Crippen LogP contribution in [0.1, 0.15) is 29.7 Å². The number of hydrogen-bond acceptors (Lipinski definition) is 2. The lowest BCUT2D eigenvalue weighted by Gasteiger charge is -2.19. The number of hydrogen-bond donors (Lipinski definition) is 2. The second-order valence-electron chi connectivity index (χ2n) is 5.27. The van der Waals surface area contributed by atoms with Crippen LogP contribution >= 0.6 is 0 Å². The van der Waals surface area contributed by atoms with Crippen molar-refractivity contribution in [3.8, 4) is 0 Å². The van der Waals surface area contributed by atoms with Gasteiger partial charge in [0.1, 0.15) is 0 Å². The fraction of sp³-hybridized carbons (Fsp3) is 0.158. The van der Waals surface area contributed by atoms with Crippen LogP contribution in [0.3, 0.4) is 0 Å². The van der Waals surface area contributed by atoms with Gasteiger partial charge in [-0.1, -0.05) is 73.7 Å². The van der Waals surface area contributed by atoms with E-state index in [-0.39, 0.29) is 6.04 Å². The third kappa shape index (κ3) is 2.68. The molecule has 0 fully saturated rings. The van der Waals surface area contributed by atoms with Crippen LogP contribution in [0.5, 0.6) is 0 Å². The average Bonchev–Trinajstić information content (AvgIpc) is 2.56. The zero-order chi connectivity index (χ0) is 14.7. The maximum atomic E-state index is 5.87. The van der Waals surface area contributed by atoms with Gasteiger partial charge in [-0.15, -0.1) is 0 Å². The van der Waals surface area contributed by atoms with E-state index in [1.807, 2.05) is 0 Å². The summed E-state index contributed by atoms with van der Waals surface area (Å²) in [5, 5.41) is 2.48. The van der Waals surface area contributed by atoms with Gasteiger partial charge in [-0.25, -0.2) is 5.43 Å². The second-order valence-corrected chi connectivity index (χ2v) is 5.27. The summed E-state index contributed by atoms with van der Waals surface area (Å²) in [6.07, 6.45) is 1.03. The number of benzene rings is 3. The molecule has 1 atom stereocenters. The molecule has 0 heterocycles. The second kappa shape index (κ2) is 6.08. The normalized spacial score (nSPS) is 12.5. The summed E-state index contributed by atoms with van der Waals surface area (Å²) in [6.45, 7) is 2.17. The van der Waals surface area contributed by atoms with Crippen LogP contribution in [0.25, 0.3) is 10.8 Å². The van der Waals surface area contributed by atoms with Crippen LogP contribution in [0.2, 0.25) is 0 Å². The Morgan fingerprint density at radius 2 is 1.71 bits per heavy atom. The Morgan fingerprint density at radius 3 is 2.52 bits per heavy atom. The van der Waals surface area contributed by atoms with Crippen molar-refractivity contribution in [3.05, 3.63) is 83.4 Å². The molecule has 0 saturated carbocycles. The molecule has 3 rings (SSSR count). The molecule has 0 bridgehead atoms. The third-order valence-electron chi connectivity index (χ3n) is 3.99. The number of nitrogens with one attached hydrogen (secondary N) is 1. The summed E-state index contributed by atoms with van der Waals surface area (Å²) in [5.74, 6) is 5.87. The predicted octanol–water partition coefficient (Wildman–Crippen LogP) is 3.95. The largest absolute Gasteiger partial charge is 0.271 e. The maximum Gasteiger partial charge on any atom is 0.0716 e. The van der Waals surface area contributed by atoms with Crippen LogP contribution in [0.4, 0.5) is 0 Å². The maximum absolute atomic E-state index is 5.87.